The summed E-state index contributed by atoms with van der Waals surface area (Å²) in [4.78, 5) is 7.46. The standard InChI is InChI=1S/C7H9Br2N3/c8-6-4-10-7(11-6)5-2-1-3-12(5)9/h4-5H,1-3H2,(H,10,11). The second-order valence-corrected chi connectivity index (χ2v) is 4.66. The fraction of sp³-hybridized carbons (Fsp3) is 0.571. The van der Waals surface area contributed by atoms with Gasteiger partial charge in [-0.05, 0) is 28.8 Å². The molecule has 1 N–H and O–H groups in total. The minimum Gasteiger partial charge on any atom is -0.335 e. The van der Waals surface area contributed by atoms with E-state index in [9.17, 15) is 0 Å². The summed E-state index contributed by atoms with van der Waals surface area (Å²) >= 11 is 6.86. The van der Waals surface area contributed by atoms with Gasteiger partial charge in [-0.2, -0.15) is 0 Å². The molecule has 0 bridgehead atoms. The molecule has 0 aliphatic carbocycles. The Morgan fingerprint density at radius 3 is 3.00 bits per heavy atom. The number of hydrogen-bond donors (Lipinski definition) is 1. The average molecular weight is 295 g/mol. The normalized spacial score (nSPS) is 25.0. The Hall–Kier alpha value is 0.130. The van der Waals surface area contributed by atoms with E-state index in [1.807, 2.05) is 0 Å². The van der Waals surface area contributed by atoms with E-state index in [4.69, 9.17) is 0 Å². The van der Waals surface area contributed by atoms with Gasteiger partial charge >= 0.3 is 0 Å². The van der Waals surface area contributed by atoms with Gasteiger partial charge in [0.2, 0.25) is 0 Å². The Morgan fingerprint density at radius 2 is 2.50 bits per heavy atom. The number of H-pyrrole nitrogens is 1. The molecular formula is C7H9Br2N3. The summed E-state index contributed by atoms with van der Waals surface area (Å²) in [5.74, 6) is 1.04. The van der Waals surface area contributed by atoms with Crippen LogP contribution in [-0.2, 0) is 0 Å². The lowest BCUT2D eigenvalue weighted by molar-refractivity contribution is 0.450. The van der Waals surface area contributed by atoms with E-state index in [2.05, 4.69) is 46.0 Å². The monoisotopic (exact) mass is 293 g/mol. The highest BCUT2D eigenvalue weighted by atomic mass is 79.9. The minimum atomic E-state index is 0.413. The minimum absolute atomic E-state index is 0.413. The summed E-state index contributed by atoms with van der Waals surface area (Å²) in [5.41, 5.74) is 0. The highest BCUT2D eigenvalue weighted by molar-refractivity contribution is 9.10. The number of rotatable bonds is 1. The number of imidazole rings is 1. The molecule has 1 saturated heterocycles. The van der Waals surface area contributed by atoms with Gasteiger partial charge in [0.15, 0.2) is 0 Å². The van der Waals surface area contributed by atoms with Crippen molar-refractivity contribution in [3.05, 3.63) is 16.6 Å². The second kappa shape index (κ2) is 3.47. The summed E-state index contributed by atoms with van der Waals surface area (Å²) in [5, 5.41) is 0. The zero-order valence-corrected chi connectivity index (χ0v) is 9.60. The fourth-order valence-corrected chi connectivity index (χ4v) is 2.44. The van der Waals surface area contributed by atoms with Gasteiger partial charge in [-0.1, -0.05) is 0 Å². The van der Waals surface area contributed by atoms with Gasteiger partial charge in [0, 0.05) is 22.7 Å². The molecule has 2 rings (SSSR count). The smallest absolute Gasteiger partial charge is 0.125 e. The van der Waals surface area contributed by atoms with Gasteiger partial charge in [-0.15, -0.1) is 0 Å². The maximum atomic E-state index is 4.27. The molecule has 0 radical (unpaired) electrons. The third-order valence-electron chi connectivity index (χ3n) is 2.07. The first-order valence-electron chi connectivity index (χ1n) is 3.90. The Morgan fingerprint density at radius 1 is 1.67 bits per heavy atom. The number of nitrogens with one attached hydrogen (secondary N) is 1. The first-order valence-corrected chi connectivity index (χ1v) is 5.40. The van der Waals surface area contributed by atoms with Crippen molar-refractivity contribution >= 4 is 32.1 Å². The number of aromatic nitrogens is 2. The number of aromatic amines is 1. The molecule has 1 aromatic rings. The second-order valence-electron chi connectivity index (χ2n) is 2.90. The molecule has 3 nitrogen and oxygen atoms in total. The lowest BCUT2D eigenvalue weighted by Gasteiger charge is -2.13. The Balaban J connectivity index is 2.19. The van der Waals surface area contributed by atoms with Crippen molar-refractivity contribution in [2.45, 2.75) is 18.9 Å². The quantitative estimate of drug-likeness (QED) is 0.808. The van der Waals surface area contributed by atoms with E-state index in [0.717, 1.165) is 17.0 Å². The van der Waals surface area contributed by atoms with Crippen molar-refractivity contribution in [2.75, 3.05) is 6.54 Å². The van der Waals surface area contributed by atoms with Crippen molar-refractivity contribution in [3.8, 4) is 0 Å². The van der Waals surface area contributed by atoms with Gasteiger partial charge < -0.3 is 4.98 Å². The van der Waals surface area contributed by atoms with E-state index >= 15 is 0 Å². The number of hydrogen-bond acceptors (Lipinski definition) is 2. The van der Waals surface area contributed by atoms with E-state index in [0.29, 0.717) is 6.04 Å². The molecular weight excluding hydrogens is 286 g/mol. The predicted octanol–water partition coefficient (Wildman–Crippen LogP) is 2.62. The number of nitrogens with zero attached hydrogens (tertiary/aromatic N) is 2. The third kappa shape index (κ3) is 1.58. The van der Waals surface area contributed by atoms with Gasteiger partial charge in [-0.3, -0.25) is 0 Å². The maximum Gasteiger partial charge on any atom is 0.125 e. The van der Waals surface area contributed by atoms with Gasteiger partial charge in [0.05, 0.1) is 12.2 Å². The van der Waals surface area contributed by atoms with E-state index < -0.39 is 0 Å². The molecule has 5 heteroatoms. The van der Waals surface area contributed by atoms with E-state index in [-0.39, 0.29) is 0 Å². The molecule has 0 aromatic carbocycles. The van der Waals surface area contributed by atoms with Crippen LogP contribution in [0.4, 0.5) is 0 Å². The maximum absolute atomic E-state index is 4.27. The van der Waals surface area contributed by atoms with Crippen LogP contribution in [0.2, 0.25) is 0 Å². The van der Waals surface area contributed by atoms with E-state index in [1.165, 1.54) is 12.8 Å². The molecule has 12 heavy (non-hydrogen) atoms. The van der Waals surface area contributed by atoms with Crippen LogP contribution < -0.4 is 0 Å². The van der Waals surface area contributed by atoms with Gasteiger partial charge in [0.1, 0.15) is 10.4 Å². The molecule has 0 spiro atoms. The van der Waals surface area contributed by atoms with Crippen molar-refractivity contribution < 1.29 is 0 Å². The van der Waals surface area contributed by atoms with Crippen LogP contribution in [-0.4, -0.2) is 20.4 Å². The molecule has 1 fully saturated rings. The van der Waals surface area contributed by atoms with Crippen molar-refractivity contribution in [2.24, 2.45) is 0 Å². The average Bonchev–Trinajstić information content (AvgIpc) is 2.58. The topological polar surface area (TPSA) is 31.9 Å². The Labute approximate surface area is 88.0 Å². The third-order valence-corrected chi connectivity index (χ3v) is 3.32. The molecule has 1 unspecified atom stereocenters. The summed E-state index contributed by atoms with van der Waals surface area (Å²) < 4.78 is 3.10. The van der Waals surface area contributed by atoms with Gasteiger partial charge in [0.25, 0.3) is 0 Å². The van der Waals surface area contributed by atoms with Crippen LogP contribution in [0.15, 0.2) is 10.8 Å². The number of halogens is 2. The summed E-state index contributed by atoms with van der Waals surface area (Å²) in [6, 6.07) is 0.413. The molecule has 1 aromatic heterocycles. The molecule has 66 valence electrons. The van der Waals surface area contributed by atoms with Crippen LogP contribution in [0.25, 0.3) is 0 Å². The van der Waals surface area contributed by atoms with Crippen molar-refractivity contribution in [1.82, 2.24) is 13.9 Å². The van der Waals surface area contributed by atoms with Crippen LogP contribution in [0.5, 0.6) is 0 Å². The molecule has 2 heterocycles. The SMILES string of the molecule is Brc1cnc(C2CCCN2Br)[nH]1. The first kappa shape index (κ1) is 8.72. The first-order chi connectivity index (χ1) is 5.77. The predicted molar refractivity (Wildman–Crippen MR) is 53.9 cm³/mol. The van der Waals surface area contributed by atoms with E-state index in [1.54, 1.807) is 6.20 Å². The summed E-state index contributed by atoms with van der Waals surface area (Å²) in [7, 11) is 0. The van der Waals surface area contributed by atoms with Crippen LogP contribution >= 0.6 is 32.1 Å². The summed E-state index contributed by atoms with van der Waals surface area (Å²) in [6.45, 7) is 1.10. The molecule has 0 saturated carbocycles. The van der Waals surface area contributed by atoms with Crippen LogP contribution in [0.1, 0.15) is 24.7 Å². The van der Waals surface area contributed by atoms with Crippen LogP contribution in [0, 0.1) is 0 Å². The van der Waals surface area contributed by atoms with Crippen LogP contribution in [0.3, 0.4) is 0 Å². The largest absolute Gasteiger partial charge is 0.335 e. The lowest BCUT2D eigenvalue weighted by atomic mass is 10.2. The molecule has 1 aliphatic rings. The molecule has 1 atom stereocenters. The Bertz CT molecular complexity index is 273. The zero-order valence-electron chi connectivity index (χ0n) is 6.43. The van der Waals surface area contributed by atoms with Crippen molar-refractivity contribution in [3.63, 3.8) is 0 Å². The fourth-order valence-electron chi connectivity index (χ4n) is 1.48. The highest BCUT2D eigenvalue weighted by Gasteiger charge is 2.26. The summed E-state index contributed by atoms with van der Waals surface area (Å²) in [6.07, 6.45) is 4.20. The molecule has 0 amide bonds. The van der Waals surface area contributed by atoms with Crippen molar-refractivity contribution in [1.29, 1.82) is 0 Å². The Kier molecular flexibility index (Phi) is 2.52. The highest BCUT2D eigenvalue weighted by Crippen LogP contribution is 2.32. The van der Waals surface area contributed by atoms with Gasteiger partial charge in [-0.25, -0.2) is 8.91 Å². The molecule has 1 aliphatic heterocycles. The zero-order chi connectivity index (χ0) is 8.55. The lowest BCUT2D eigenvalue weighted by Crippen LogP contribution is -2.12.